The standard InChI is InChI=1S/C12H15N5O2/c1-17-7-15-11(16-17)4-5-14-10-6-8(12(18)19)2-3-9(10)13/h2-3,6-7,14H,4-5,13H2,1H3,(H,18,19). The van der Waals surface area contributed by atoms with E-state index in [0.29, 0.717) is 24.3 Å². The van der Waals surface area contributed by atoms with Crippen molar-refractivity contribution < 1.29 is 9.90 Å². The highest BCUT2D eigenvalue weighted by atomic mass is 16.4. The zero-order valence-corrected chi connectivity index (χ0v) is 10.5. The number of hydrogen-bond donors (Lipinski definition) is 3. The summed E-state index contributed by atoms with van der Waals surface area (Å²) in [6, 6.07) is 4.57. The van der Waals surface area contributed by atoms with Gasteiger partial charge in [-0.3, -0.25) is 4.68 Å². The van der Waals surface area contributed by atoms with Crippen LogP contribution in [0, 0.1) is 0 Å². The second-order valence-electron chi connectivity index (χ2n) is 4.12. The molecule has 0 aliphatic carbocycles. The molecule has 0 saturated heterocycles. The number of hydrogen-bond acceptors (Lipinski definition) is 5. The van der Waals surface area contributed by atoms with E-state index in [1.54, 1.807) is 24.1 Å². The van der Waals surface area contributed by atoms with Crippen LogP contribution >= 0.6 is 0 Å². The summed E-state index contributed by atoms with van der Waals surface area (Å²) in [5.74, 6) is -0.252. The van der Waals surface area contributed by atoms with Crippen LogP contribution in [0.15, 0.2) is 24.5 Å². The van der Waals surface area contributed by atoms with Gasteiger partial charge < -0.3 is 16.2 Å². The molecule has 0 bridgehead atoms. The average molecular weight is 261 g/mol. The van der Waals surface area contributed by atoms with Gasteiger partial charge in [0, 0.05) is 20.0 Å². The first-order valence-corrected chi connectivity index (χ1v) is 5.77. The molecule has 0 radical (unpaired) electrons. The molecular formula is C12H15N5O2. The fourth-order valence-corrected chi connectivity index (χ4v) is 1.65. The lowest BCUT2D eigenvalue weighted by Crippen LogP contribution is -2.09. The molecule has 1 aromatic carbocycles. The molecule has 0 saturated carbocycles. The molecule has 4 N–H and O–H groups in total. The van der Waals surface area contributed by atoms with Crippen LogP contribution in [0.4, 0.5) is 11.4 Å². The normalized spacial score (nSPS) is 10.4. The number of nitrogen functional groups attached to an aromatic ring is 1. The molecule has 0 spiro atoms. The van der Waals surface area contributed by atoms with Crippen molar-refractivity contribution in [2.45, 2.75) is 6.42 Å². The molecule has 100 valence electrons. The van der Waals surface area contributed by atoms with E-state index >= 15 is 0 Å². The summed E-state index contributed by atoms with van der Waals surface area (Å²) in [4.78, 5) is 15.0. The second kappa shape index (κ2) is 5.38. The van der Waals surface area contributed by atoms with Gasteiger partial charge >= 0.3 is 5.97 Å². The van der Waals surface area contributed by atoms with Crippen molar-refractivity contribution in [2.24, 2.45) is 7.05 Å². The van der Waals surface area contributed by atoms with E-state index in [2.05, 4.69) is 15.4 Å². The number of aryl methyl sites for hydroxylation is 1. The van der Waals surface area contributed by atoms with E-state index in [-0.39, 0.29) is 5.56 Å². The van der Waals surface area contributed by atoms with Crippen molar-refractivity contribution in [1.29, 1.82) is 0 Å². The molecule has 0 unspecified atom stereocenters. The van der Waals surface area contributed by atoms with Crippen molar-refractivity contribution in [3.05, 3.63) is 35.9 Å². The average Bonchev–Trinajstić information content (AvgIpc) is 2.77. The number of rotatable bonds is 5. The molecule has 2 rings (SSSR count). The number of nitrogens with zero attached hydrogens (tertiary/aromatic N) is 3. The molecule has 0 aliphatic heterocycles. The smallest absolute Gasteiger partial charge is 0.335 e. The van der Waals surface area contributed by atoms with E-state index in [4.69, 9.17) is 10.8 Å². The third kappa shape index (κ3) is 3.21. The molecule has 0 aliphatic rings. The van der Waals surface area contributed by atoms with Crippen LogP contribution in [-0.4, -0.2) is 32.4 Å². The topological polar surface area (TPSA) is 106 Å². The third-order valence-corrected chi connectivity index (χ3v) is 2.61. The van der Waals surface area contributed by atoms with Gasteiger partial charge in [-0.15, -0.1) is 0 Å². The Balaban J connectivity index is 1.99. The summed E-state index contributed by atoms with van der Waals surface area (Å²) >= 11 is 0. The van der Waals surface area contributed by atoms with Gasteiger partial charge in [-0.2, -0.15) is 5.10 Å². The number of anilines is 2. The SMILES string of the molecule is Cn1cnc(CCNc2cc(C(=O)O)ccc2N)n1. The fourth-order valence-electron chi connectivity index (χ4n) is 1.65. The minimum atomic E-state index is -0.977. The molecular weight excluding hydrogens is 246 g/mol. The number of carboxylic acid groups (broad SMARTS) is 1. The third-order valence-electron chi connectivity index (χ3n) is 2.61. The lowest BCUT2D eigenvalue weighted by molar-refractivity contribution is 0.0697. The van der Waals surface area contributed by atoms with Crippen molar-refractivity contribution in [3.8, 4) is 0 Å². The fraction of sp³-hybridized carbons (Fsp3) is 0.250. The van der Waals surface area contributed by atoms with E-state index in [9.17, 15) is 4.79 Å². The number of aromatic nitrogens is 3. The van der Waals surface area contributed by atoms with Gasteiger partial charge in [0.2, 0.25) is 0 Å². The van der Waals surface area contributed by atoms with Gasteiger partial charge in [0.1, 0.15) is 6.33 Å². The summed E-state index contributed by atoms with van der Waals surface area (Å²) in [5, 5.41) is 16.2. The van der Waals surface area contributed by atoms with Crippen LogP contribution < -0.4 is 11.1 Å². The van der Waals surface area contributed by atoms with Gasteiger partial charge in [-0.25, -0.2) is 9.78 Å². The number of carbonyl (C=O) groups is 1. The maximum Gasteiger partial charge on any atom is 0.335 e. The Morgan fingerprint density at radius 2 is 2.32 bits per heavy atom. The molecule has 2 aromatic rings. The summed E-state index contributed by atoms with van der Waals surface area (Å²) in [6.45, 7) is 0.581. The van der Waals surface area contributed by atoms with Gasteiger partial charge in [-0.05, 0) is 18.2 Å². The molecule has 0 atom stereocenters. The van der Waals surface area contributed by atoms with Crippen molar-refractivity contribution >= 4 is 17.3 Å². The van der Waals surface area contributed by atoms with Crippen LogP contribution in [0.2, 0.25) is 0 Å². The van der Waals surface area contributed by atoms with Crippen LogP contribution in [0.1, 0.15) is 16.2 Å². The predicted molar refractivity (Wildman–Crippen MR) is 71.0 cm³/mol. The Morgan fingerprint density at radius 3 is 2.95 bits per heavy atom. The number of carboxylic acids is 1. The predicted octanol–water partition coefficient (Wildman–Crippen LogP) is 0.750. The van der Waals surface area contributed by atoms with Gasteiger partial charge in [0.25, 0.3) is 0 Å². The van der Waals surface area contributed by atoms with Crippen molar-refractivity contribution in [1.82, 2.24) is 14.8 Å². The highest BCUT2D eigenvalue weighted by Crippen LogP contribution is 2.19. The van der Waals surface area contributed by atoms with E-state index in [1.807, 2.05) is 0 Å². The molecule has 1 aromatic heterocycles. The molecule has 0 amide bonds. The Labute approximate surface area is 110 Å². The molecule has 7 heteroatoms. The molecule has 19 heavy (non-hydrogen) atoms. The number of aromatic carboxylic acids is 1. The van der Waals surface area contributed by atoms with Crippen LogP contribution in [0.3, 0.4) is 0 Å². The maximum atomic E-state index is 10.9. The first-order valence-electron chi connectivity index (χ1n) is 5.77. The Kier molecular flexibility index (Phi) is 3.65. The number of nitrogens with two attached hydrogens (primary N) is 1. The first-order chi connectivity index (χ1) is 9.06. The lowest BCUT2D eigenvalue weighted by atomic mass is 10.1. The summed E-state index contributed by atoms with van der Waals surface area (Å²) in [5.41, 5.74) is 7.10. The molecule has 1 heterocycles. The van der Waals surface area contributed by atoms with Crippen LogP contribution in [-0.2, 0) is 13.5 Å². The monoisotopic (exact) mass is 261 g/mol. The number of benzene rings is 1. The van der Waals surface area contributed by atoms with Crippen molar-refractivity contribution in [2.75, 3.05) is 17.6 Å². The molecule has 0 fully saturated rings. The Hall–Kier alpha value is -2.57. The Morgan fingerprint density at radius 1 is 1.53 bits per heavy atom. The van der Waals surface area contributed by atoms with Crippen LogP contribution in [0.5, 0.6) is 0 Å². The van der Waals surface area contributed by atoms with E-state index < -0.39 is 5.97 Å². The summed E-state index contributed by atoms with van der Waals surface area (Å²) in [7, 11) is 1.80. The van der Waals surface area contributed by atoms with E-state index in [0.717, 1.165) is 5.82 Å². The first kappa shape index (κ1) is 12.9. The summed E-state index contributed by atoms with van der Waals surface area (Å²) in [6.07, 6.45) is 2.27. The Bertz CT molecular complexity index is 594. The van der Waals surface area contributed by atoms with Gasteiger partial charge in [0.05, 0.1) is 16.9 Å². The quantitative estimate of drug-likeness (QED) is 0.686. The largest absolute Gasteiger partial charge is 0.478 e. The molecule has 7 nitrogen and oxygen atoms in total. The number of nitrogens with one attached hydrogen (secondary N) is 1. The lowest BCUT2D eigenvalue weighted by Gasteiger charge is -2.09. The van der Waals surface area contributed by atoms with Crippen molar-refractivity contribution in [3.63, 3.8) is 0 Å². The zero-order chi connectivity index (χ0) is 13.8. The minimum absolute atomic E-state index is 0.202. The zero-order valence-electron chi connectivity index (χ0n) is 10.5. The van der Waals surface area contributed by atoms with Gasteiger partial charge in [-0.1, -0.05) is 0 Å². The van der Waals surface area contributed by atoms with Gasteiger partial charge in [0.15, 0.2) is 5.82 Å². The summed E-state index contributed by atoms with van der Waals surface area (Å²) < 4.78 is 1.63. The van der Waals surface area contributed by atoms with E-state index in [1.165, 1.54) is 12.1 Å². The van der Waals surface area contributed by atoms with Crippen LogP contribution in [0.25, 0.3) is 0 Å². The highest BCUT2D eigenvalue weighted by molar-refractivity contribution is 5.90. The highest BCUT2D eigenvalue weighted by Gasteiger charge is 2.06. The second-order valence-corrected chi connectivity index (χ2v) is 4.12. The maximum absolute atomic E-state index is 10.9. The minimum Gasteiger partial charge on any atom is -0.478 e.